The Labute approximate surface area is 147 Å². The van der Waals surface area contributed by atoms with E-state index in [2.05, 4.69) is 4.74 Å². The summed E-state index contributed by atoms with van der Waals surface area (Å²) < 4.78 is 9.64. The van der Waals surface area contributed by atoms with Crippen molar-refractivity contribution < 1.29 is 19.1 Å². The number of methoxy groups -OCH3 is 2. The third kappa shape index (κ3) is 4.42. The fourth-order valence-electron chi connectivity index (χ4n) is 2.30. The molecular weight excluding hydrogens is 330 g/mol. The molecule has 24 heavy (non-hydrogen) atoms. The molecule has 0 unspecified atom stereocenters. The molecule has 0 aliphatic rings. The van der Waals surface area contributed by atoms with Crippen LogP contribution in [-0.2, 0) is 14.3 Å². The summed E-state index contributed by atoms with van der Waals surface area (Å²) in [6, 6.07) is 3.88. The van der Waals surface area contributed by atoms with Crippen LogP contribution in [0.15, 0.2) is 12.1 Å². The Bertz CT molecular complexity index is 648. The predicted octanol–water partition coefficient (Wildman–Crippen LogP) is 1.86. The summed E-state index contributed by atoms with van der Waals surface area (Å²) in [4.78, 5) is 26.9. The lowest BCUT2D eigenvalue weighted by Crippen LogP contribution is -2.50. The number of nitrogens with zero attached hydrogens (tertiary/aromatic N) is 2. The van der Waals surface area contributed by atoms with E-state index in [1.54, 1.807) is 0 Å². The standard InChI is InChI=1S/C16H23N3O4S/c1-10-6-7-11(2)14(12(10)3)18(13(20)8-22-4)9-19(15(17)24)16(21)23-5/h6-7H,8-9H2,1-5H3,(H2,17,24). The molecule has 0 aliphatic heterocycles. The van der Waals surface area contributed by atoms with Gasteiger partial charge in [0.15, 0.2) is 5.11 Å². The zero-order valence-electron chi connectivity index (χ0n) is 14.6. The van der Waals surface area contributed by atoms with Crippen LogP contribution in [0.3, 0.4) is 0 Å². The second kappa shape index (κ2) is 8.60. The number of hydrogen-bond donors (Lipinski definition) is 1. The van der Waals surface area contributed by atoms with Gasteiger partial charge >= 0.3 is 6.09 Å². The van der Waals surface area contributed by atoms with Crippen LogP contribution in [0.5, 0.6) is 0 Å². The van der Waals surface area contributed by atoms with Crippen molar-refractivity contribution >= 4 is 35.0 Å². The Balaban J connectivity index is 3.38. The fraction of sp³-hybridized carbons (Fsp3) is 0.438. The van der Waals surface area contributed by atoms with E-state index in [0.717, 1.165) is 21.6 Å². The molecule has 2 amide bonds. The number of nitrogens with two attached hydrogens (primary N) is 1. The van der Waals surface area contributed by atoms with Gasteiger partial charge in [-0.25, -0.2) is 9.69 Å². The van der Waals surface area contributed by atoms with Gasteiger partial charge in [-0.1, -0.05) is 12.1 Å². The van der Waals surface area contributed by atoms with Gasteiger partial charge in [-0.2, -0.15) is 0 Å². The number of thiocarbonyl (C=S) groups is 1. The molecule has 1 rings (SSSR count). The van der Waals surface area contributed by atoms with Crippen molar-refractivity contribution in [1.82, 2.24) is 4.90 Å². The largest absolute Gasteiger partial charge is 0.452 e. The van der Waals surface area contributed by atoms with Gasteiger partial charge < -0.3 is 15.2 Å². The molecule has 0 spiro atoms. The zero-order valence-corrected chi connectivity index (χ0v) is 15.4. The number of rotatable bonds is 5. The molecule has 0 heterocycles. The molecule has 0 radical (unpaired) electrons. The molecule has 1 aromatic carbocycles. The summed E-state index contributed by atoms with van der Waals surface area (Å²) in [6.07, 6.45) is -0.735. The molecule has 0 saturated heterocycles. The van der Waals surface area contributed by atoms with Crippen LogP contribution in [0.1, 0.15) is 16.7 Å². The van der Waals surface area contributed by atoms with Crippen LogP contribution in [0.4, 0.5) is 10.5 Å². The van der Waals surface area contributed by atoms with E-state index in [4.69, 9.17) is 22.7 Å². The molecule has 2 N–H and O–H groups in total. The average molecular weight is 353 g/mol. The first-order valence-corrected chi connectivity index (χ1v) is 7.66. The second-order valence-electron chi connectivity index (χ2n) is 5.31. The number of ether oxygens (including phenoxy) is 2. The maximum absolute atomic E-state index is 12.6. The predicted molar refractivity (Wildman–Crippen MR) is 95.9 cm³/mol. The van der Waals surface area contributed by atoms with Gasteiger partial charge in [0.25, 0.3) is 5.91 Å². The van der Waals surface area contributed by atoms with E-state index in [1.165, 1.54) is 19.1 Å². The van der Waals surface area contributed by atoms with E-state index in [0.29, 0.717) is 5.69 Å². The van der Waals surface area contributed by atoms with Crippen LogP contribution in [0, 0.1) is 20.8 Å². The summed E-state index contributed by atoms with van der Waals surface area (Å²) in [7, 11) is 2.65. The molecule has 8 heteroatoms. The van der Waals surface area contributed by atoms with E-state index in [1.807, 2.05) is 32.9 Å². The van der Waals surface area contributed by atoms with Crippen molar-refractivity contribution in [2.24, 2.45) is 5.73 Å². The van der Waals surface area contributed by atoms with E-state index < -0.39 is 6.09 Å². The first-order chi connectivity index (χ1) is 11.2. The van der Waals surface area contributed by atoms with Gasteiger partial charge in [-0.05, 0) is 49.7 Å². The van der Waals surface area contributed by atoms with Gasteiger partial charge in [0.2, 0.25) is 0 Å². The maximum atomic E-state index is 12.6. The summed E-state index contributed by atoms with van der Waals surface area (Å²) >= 11 is 4.90. The Morgan fingerprint density at radius 1 is 1.17 bits per heavy atom. The third-order valence-corrected chi connectivity index (χ3v) is 3.91. The SMILES string of the molecule is COCC(=O)N(CN(C(=O)OC)C(N)=S)c1c(C)ccc(C)c1C. The number of hydrogen-bond acceptors (Lipinski definition) is 5. The number of anilines is 1. The summed E-state index contributed by atoms with van der Waals surface area (Å²) in [5, 5.41) is -0.181. The van der Waals surface area contributed by atoms with Crippen molar-refractivity contribution in [3.8, 4) is 0 Å². The monoisotopic (exact) mass is 353 g/mol. The fourth-order valence-corrected chi connectivity index (χ4v) is 2.43. The van der Waals surface area contributed by atoms with Crippen LogP contribution >= 0.6 is 12.2 Å². The lowest BCUT2D eigenvalue weighted by molar-refractivity contribution is -0.122. The maximum Gasteiger partial charge on any atom is 0.417 e. The molecule has 1 aromatic rings. The van der Waals surface area contributed by atoms with Gasteiger partial charge in [-0.15, -0.1) is 0 Å². The Kier molecular flexibility index (Phi) is 7.12. The molecule has 132 valence electrons. The Morgan fingerprint density at radius 3 is 2.25 bits per heavy atom. The first kappa shape index (κ1) is 19.9. The second-order valence-corrected chi connectivity index (χ2v) is 5.72. The highest BCUT2D eigenvalue weighted by molar-refractivity contribution is 7.80. The van der Waals surface area contributed by atoms with Gasteiger partial charge in [0, 0.05) is 7.11 Å². The van der Waals surface area contributed by atoms with Crippen LogP contribution in [-0.4, -0.2) is 49.5 Å². The highest BCUT2D eigenvalue weighted by Crippen LogP contribution is 2.28. The topological polar surface area (TPSA) is 85.1 Å². The van der Waals surface area contributed by atoms with Crippen molar-refractivity contribution in [1.29, 1.82) is 0 Å². The minimum atomic E-state index is -0.735. The molecule has 0 atom stereocenters. The molecular formula is C16H23N3O4S. The van der Waals surface area contributed by atoms with Crippen LogP contribution < -0.4 is 10.6 Å². The van der Waals surface area contributed by atoms with E-state index >= 15 is 0 Å². The summed E-state index contributed by atoms with van der Waals surface area (Å²) in [5.41, 5.74) is 9.13. The number of amides is 2. The molecule has 0 saturated carbocycles. The lowest BCUT2D eigenvalue weighted by atomic mass is 10.0. The highest BCUT2D eigenvalue weighted by atomic mass is 32.1. The number of carbonyl (C=O) groups is 2. The minimum absolute atomic E-state index is 0.140. The molecule has 0 bridgehead atoms. The van der Waals surface area contributed by atoms with Gasteiger partial charge in [0.1, 0.15) is 13.3 Å². The third-order valence-electron chi connectivity index (χ3n) is 3.69. The zero-order chi connectivity index (χ0) is 18.4. The number of carbonyl (C=O) groups excluding carboxylic acids is 2. The normalized spacial score (nSPS) is 10.2. The summed E-state index contributed by atoms with van der Waals surface area (Å²) in [6.45, 7) is 5.45. The minimum Gasteiger partial charge on any atom is -0.452 e. The number of aryl methyl sites for hydroxylation is 2. The Hall–Kier alpha value is -2.19. The van der Waals surface area contributed by atoms with Crippen LogP contribution in [0.2, 0.25) is 0 Å². The van der Waals surface area contributed by atoms with Crippen molar-refractivity contribution in [3.63, 3.8) is 0 Å². The molecule has 0 fully saturated rings. The Morgan fingerprint density at radius 2 is 1.75 bits per heavy atom. The van der Waals surface area contributed by atoms with Gasteiger partial charge in [-0.3, -0.25) is 9.69 Å². The quantitative estimate of drug-likeness (QED) is 0.642. The average Bonchev–Trinajstić information content (AvgIpc) is 2.53. The number of benzene rings is 1. The van der Waals surface area contributed by atoms with Crippen molar-refractivity contribution in [2.75, 3.05) is 32.4 Å². The molecule has 7 nitrogen and oxygen atoms in total. The molecule has 0 aromatic heterocycles. The van der Waals surface area contributed by atoms with Gasteiger partial charge in [0.05, 0.1) is 12.8 Å². The summed E-state index contributed by atoms with van der Waals surface area (Å²) in [5.74, 6) is -0.320. The van der Waals surface area contributed by atoms with Crippen molar-refractivity contribution in [2.45, 2.75) is 20.8 Å². The first-order valence-electron chi connectivity index (χ1n) is 7.25. The van der Waals surface area contributed by atoms with E-state index in [-0.39, 0.29) is 24.3 Å². The highest BCUT2D eigenvalue weighted by Gasteiger charge is 2.27. The van der Waals surface area contributed by atoms with Crippen molar-refractivity contribution in [3.05, 3.63) is 28.8 Å². The molecule has 0 aliphatic carbocycles. The smallest absolute Gasteiger partial charge is 0.417 e. The lowest BCUT2D eigenvalue weighted by Gasteiger charge is -2.31. The van der Waals surface area contributed by atoms with E-state index in [9.17, 15) is 9.59 Å². The van der Waals surface area contributed by atoms with Crippen LogP contribution in [0.25, 0.3) is 0 Å².